The lowest BCUT2D eigenvalue weighted by atomic mass is 9.98. The smallest absolute Gasteiger partial charge is 0.328 e. The van der Waals surface area contributed by atoms with Crippen LogP contribution in [0.4, 0.5) is 4.39 Å². The molecule has 0 spiro atoms. The van der Waals surface area contributed by atoms with E-state index in [-0.39, 0.29) is 18.9 Å². The van der Waals surface area contributed by atoms with Gasteiger partial charge >= 0.3 is 5.69 Å². The van der Waals surface area contributed by atoms with Crippen molar-refractivity contribution in [2.75, 3.05) is 0 Å². The lowest BCUT2D eigenvalue weighted by molar-refractivity contribution is 0.625. The van der Waals surface area contributed by atoms with Crippen LogP contribution in [0, 0.1) is 24.6 Å². The van der Waals surface area contributed by atoms with Gasteiger partial charge in [0.2, 0.25) is 0 Å². The van der Waals surface area contributed by atoms with Gasteiger partial charge < -0.3 is 4.57 Å². The highest BCUT2D eigenvalue weighted by Crippen LogP contribution is 2.27. The Labute approximate surface area is 215 Å². The minimum atomic E-state index is -0.498. The summed E-state index contributed by atoms with van der Waals surface area (Å²) < 4.78 is 20.7. The van der Waals surface area contributed by atoms with E-state index in [4.69, 9.17) is 4.99 Å². The normalized spacial score (nSPS) is 12.4. The van der Waals surface area contributed by atoms with Crippen LogP contribution in [-0.2, 0) is 27.2 Å². The van der Waals surface area contributed by atoms with Crippen molar-refractivity contribution in [3.05, 3.63) is 104 Å². The van der Waals surface area contributed by atoms with Gasteiger partial charge in [-0.15, -0.1) is 10.2 Å². The van der Waals surface area contributed by atoms with E-state index >= 15 is 0 Å². The second kappa shape index (κ2) is 8.77. The maximum atomic E-state index is 14.8. The van der Waals surface area contributed by atoms with E-state index in [0.717, 1.165) is 10.3 Å². The highest BCUT2D eigenvalue weighted by molar-refractivity contribution is 6.15. The Bertz CT molecular complexity index is 1980. The maximum Gasteiger partial charge on any atom is 0.333 e. The molecule has 0 fully saturated rings. The van der Waals surface area contributed by atoms with Gasteiger partial charge in [0.25, 0.3) is 5.56 Å². The van der Waals surface area contributed by atoms with Crippen molar-refractivity contribution in [3.8, 4) is 17.5 Å². The molecule has 188 valence electrons. The fraction of sp³-hybridized carbons (Fsp3) is 0.185. The first kappa shape index (κ1) is 23.3. The molecule has 11 heteroatoms. The zero-order valence-electron chi connectivity index (χ0n) is 20.8. The summed E-state index contributed by atoms with van der Waals surface area (Å²) in [4.78, 5) is 34.6. The Balaban J connectivity index is 1.45. The van der Waals surface area contributed by atoms with E-state index in [9.17, 15) is 14.0 Å². The molecule has 4 heterocycles. The highest BCUT2D eigenvalue weighted by atomic mass is 19.1. The summed E-state index contributed by atoms with van der Waals surface area (Å²) in [6.45, 7) is 1.98. The molecule has 38 heavy (non-hydrogen) atoms. The average molecular weight is 509 g/mol. The standard InChI is InChI=1S/C27H21FN8O2/c1-16-31-32-22-14-29-23(18-8-4-5-9-20(18)28)19-13-17(10-11-21(19)36(16)22)7-6-12-35-26(37)24-25(30-15-33(24)2)34(3)27(35)38/h4-5,8-11,13,15H,12,14H2,1-3H3. The van der Waals surface area contributed by atoms with Gasteiger partial charge in [0.1, 0.15) is 18.2 Å². The first-order valence-corrected chi connectivity index (χ1v) is 11.8. The van der Waals surface area contributed by atoms with E-state index in [2.05, 4.69) is 27.0 Å². The van der Waals surface area contributed by atoms with Gasteiger partial charge in [0.05, 0.1) is 24.3 Å². The topological polar surface area (TPSA) is 105 Å². The number of halogens is 1. The Kier molecular flexibility index (Phi) is 5.38. The predicted molar refractivity (Wildman–Crippen MR) is 139 cm³/mol. The zero-order valence-corrected chi connectivity index (χ0v) is 20.8. The quantitative estimate of drug-likeness (QED) is 0.339. The number of aryl methyl sites for hydroxylation is 3. The molecule has 6 rings (SSSR count). The van der Waals surface area contributed by atoms with Crippen molar-refractivity contribution in [2.24, 2.45) is 19.1 Å². The average Bonchev–Trinajstić information content (AvgIpc) is 3.43. The van der Waals surface area contributed by atoms with Gasteiger partial charge in [-0.1, -0.05) is 24.0 Å². The van der Waals surface area contributed by atoms with Gasteiger partial charge in [0, 0.05) is 30.8 Å². The van der Waals surface area contributed by atoms with Crippen LogP contribution in [0.5, 0.6) is 0 Å². The SMILES string of the molecule is Cc1nnc2n1-c1ccc(C#CCn3c(=O)c4c(ncn4C)n(C)c3=O)cc1C(c1ccccc1F)=NC2. The fourth-order valence-corrected chi connectivity index (χ4v) is 4.70. The number of hydrogen-bond acceptors (Lipinski definition) is 6. The van der Waals surface area contributed by atoms with Gasteiger partial charge in [-0.2, -0.15) is 0 Å². The summed E-state index contributed by atoms with van der Waals surface area (Å²) in [5.41, 5.74) is 2.60. The van der Waals surface area contributed by atoms with Gasteiger partial charge in [0.15, 0.2) is 17.0 Å². The maximum absolute atomic E-state index is 14.8. The number of rotatable bonds is 2. The van der Waals surface area contributed by atoms with Crippen LogP contribution >= 0.6 is 0 Å². The third-order valence-electron chi connectivity index (χ3n) is 6.56. The molecule has 0 saturated heterocycles. The van der Waals surface area contributed by atoms with Crippen LogP contribution in [-0.4, -0.2) is 39.2 Å². The van der Waals surface area contributed by atoms with E-state index in [1.54, 1.807) is 36.9 Å². The van der Waals surface area contributed by atoms with E-state index in [1.165, 1.54) is 17.0 Å². The van der Waals surface area contributed by atoms with Crippen LogP contribution in [0.2, 0.25) is 0 Å². The molecule has 5 aromatic rings. The van der Waals surface area contributed by atoms with Crippen LogP contribution in [0.25, 0.3) is 16.9 Å². The molecule has 0 atom stereocenters. The summed E-state index contributed by atoms with van der Waals surface area (Å²) in [7, 11) is 3.27. The molecule has 3 aromatic heterocycles. The fourth-order valence-electron chi connectivity index (χ4n) is 4.70. The summed E-state index contributed by atoms with van der Waals surface area (Å²) in [6.07, 6.45) is 1.49. The van der Waals surface area contributed by atoms with Crippen molar-refractivity contribution < 1.29 is 4.39 Å². The number of fused-ring (bicyclic) bond motifs is 4. The van der Waals surface area contributed by atoms with Crippen molar-refractivity contribution >= 4 is 16.9 Å². The third-order valence-corrected chi connectivity index (χ3v) is 6.56. The molecular weight excluding hydrogens is 487 g/mol. The first-order chi connectivity index (χ1) is 18.3. The van der Waals surface area contributed by atoms with Gasteiger partial charge in [-0.05, 0) is 37.3 Å². The van der Waals surface area contributed by atoms with Crippen molar-refractivity contribution in [2.45, 2.75) is 20.0 Å². The molecule has 10 nitrogen and oxygen atoms in total. The Morgan fingerprint density at radius 1 is 1.05 bits per heavy atom. The number of nitrogens with zero attached hydrogens (tertiary/aromatic N) is 8. The summed E-state index contributed by atoms with van der Waals surface area (Å²) in [6, 6.07) is 12.0. The molecule has 0 saturated carbocycles. The Morgan fingerprint density at radius 3 is 2.68 bits per heavy atom. The van der Waals surface area contributed by atoms with E-state index < -0.39 is 11.2 Å². The molecule has 0 N–H and O–H groups in total. The van der Waals surface area contributed by atoms with Crippen LogP contribution < -0.4 is 11.2 Å². The van der Waals surface area contributed by atoms with Crippen LogP contribution in [0.3, 0.4) is 0 Å². The first-order valence-electron chi connectivity index (χ1n) is 11.8. The number of hydrogen-bond donors (Lipinski definition) is 0. The summed E-state index contributed by atoms with van der Waals surface area (Å²) in [5.74, 6) is 6.93. The third kappa shape index (κ3) is 3.57. The van der Waals surface area contributed by atoms with Crippen LogP contribution in [0.15, 0.2) is 63.4 Å². The molecule has 0 bridgehead atoms. The van der Waals surface area contributed by atoms with Gasteiger partial charge in [-0.25, -0.2) is 18.7 Å². The molecular formula is C27H21FN8O2. The second-order valence-corrected chi connectivity index (χ2v) is 8.94. The zero-order chi connectivity index (χ0) is 26.6. The lowest BCUT2D eigenvalue weighted by Gasteiger charge is -2.13. The van der Waals surface area contributed by atoms with Gasteiger partial charge in [-0.3, -0.25) is 18.9 Å². The molecule has 0 unspecified atom stereocenters. The largest absolute Gasteiger partial charge is 0.333 e. The molecule has 1 aliphatic heterocycles. The minimum Gasteiger partial charge on any atom is -0.328 e. The molecule has 2 aromatic carbocycles. The number of aliphatic imine (C=N–C) groups is 1. The van der Waals surface area contributed by atoms with E-state index in [0.29, 0.717) is 45.2 Å². The minimum absolute atomic E-state index is 0.104. The molecule has 0 radical (unpaired) electrons. The molecule has 1 aliphatic rings. The number of aromatic nitrogens is 7. The van der Waals surface area contributed by atoms with E-state index in [1.807, 2.05) is 29.7 Å². The monoisotopic (exact) mass is 508 g/mol. The Morgan fingerprint density at radius 2 is 1.87 bits per heavy atom. The summed E-state index contributed by atoms with van der Waals surface area (Å²) in [5, 5.41) is 8.41. The van der Waals surface area contributed by atoms with Crippen molar-refractivity contribution in [1.29, 1.82) is 0 Å². The second-order valence-electron chi connectivity index (χ2n) is 8.94. The number of benzene rings is 2. The predicted octanol–water partition coefficient (Wildman–Crippen LogP) is 1.86. The van der Waals surface area contributed by atoms with Crippen LogP contribution in [0.1, 0.15) is 28.3 Å². The van der Waals surface area contributed by atoms with Crippen molar-refractivity contribution in [1.82, 2.24) is 33.4 Å². The lowest BCUT2D eigenvalue weighted by Crippen LogP contribution is -2.39. The summed E-state index contributed by atoms with van der Waals surface area (Å²) >= 11 is 0. The highest BCUT2D eigenvalue weighted by Gasteiger charge is 2.23. The molecule has 0 aliphatic carbocycles. The number of imidazole rings is 1. The Hall–Kier alpha value is -5.11. The van der Waals surface area contributed by atoms with Crippen molar-refractivity contribution in [3.63, 3.8) is 0 Å². The molecule has 0 amide bonds.